The monoisotopic (exact) mass is 530 g/mol. The summed E-state index contributed by atoms with van der Waals surface area (Å²) in [6.07, 6.45) is 4.06. The Kier molecular flexibility index (Phi) is 9.04. The maximum absolute atomic E-state index is 13.9. The molecule has 1 N–H and O–H groups in total. The zero-order valence-electron chi connectivity index (χ0n) is 23.1. The second kappa shape index (κ2) is 14.1. The Bertz CT molecular complexity index is 1380. The van der Waals surface area contributed by atoms with Crippen LogP contribution in [0.15, 0.2) is 90.4 Å². The maximum atomic E-state index is 13.9. The Morgan fingerprint density at radius 1 is 0.947 bits per heavy atom. The third kappa shape index (κ3) is 8.02. The van der Waals surface area contributed by atoms with Gasteiger partial charge < -0.3 is 14.7 Å². The summed E-state index contributed by atoms with van der Waals surface area (Å²) in [6, 6.07) is 23.6. The zero-order valence-corrected chi connectivity index (χ0v) is 21.9. The van der Waals surface area contributed by atoms with Crippen LogP contribution >= 0.6 is 11.3 Å². The number of carboxylic acid groups (broad SMARTS) is 1. The first kappa shape index (κ1) is 24.4. The molecule has 6 nitrogen and oxygen atoms in total. The Morgan fingerprint density at radius 3 is 2.50 bits per heavy atom. The van der Waals surface area contributed by atoms with E-state index in [2.05, 4.69) is 4.98 Å². The van der Waals surface area contributed by atoms with Crippen molar-refractivity contribution in [3.63, 3.8) is 0 Å². The van der Waals surface area contributed by atoms with E-state index in [0.29, 0.717) is 43.6 Å². The molecule has 0 aliphatic carbocycles. The van der Waals surface area contributed by atoms with Gasteiger partial charge in [-0.05, 0) is 66.6 Å². The lowest BCUT2D eigenvalue weighted by atomic mass is 10.1. The van der Waals surface area contributed by atoms with Crippen LogP contribution in [0.2, 0.25) is 0 Å². The van der Waals surface area contributed by atoms with E-state index in [1.807, 2.05) is 47.8 Å². The van der Waals surface area contributed by atoms with E-state index in [1.165, 1.54) is 4.90 Å². The van der Waals surface area contributed by atoms with E-state index < -0.39 is 18.4 Å². The number of thiophene rings is 1. The van der Waals surface area contributed by atoms with Gasteiger partial charge in [0.1, 0.15) is 5.75 Å². The molecule has 0 fully saturated rings. The molecule has 7 heteroatoms. The number of carbonyl (C=O) groups is 2. The summed E-state index contributed by atoms with van der Waals surface area (Å²) in [6.45, 7) is -1.75. The van der Waals surface area contributed by atoms with Crippen molar-refractivity contribution in [3.05, 3.63) is 107 Å². The number of aromatic nitrogens is 1. The molecule has 0 saturated carbocycles. The molecule has 0 unspecified atom stereocenters. The molecule has 0 aliphatic heterocycles. The molecule has 196 valence electrons. The minimum atomic E-state index is -2.18. The lowest BCUT2D eigenvalue weighted by Gasteiger charge is -2.24. The lowest BCUT2D eigenvalue weighted by Crippen LogP contribution is -2.32. The van der Waals surface area contributed by atoms with Crippen LogP contribution in [-0.4, -0.2) is 40.0 Å². The fourth-order valence-corrected chi connectivity index (χ4v) is 4.66. The van der Waals surface area contributed by atoms with Gasteiger partial charge in [0.25, 0.3) is 5.91 Å². The van der Waals surface area contributed by atoms with Gasteiger partial charge in [-0.1, -0.05) is 42.5 Å². The Labute approximate surface area is 230 Å². The first-order valence-corrected chi connectivity index (χ1v) is 13.5. The number of nitrogens with zero attached hydrogens (tertiary/aromatic N) is 2. The van der Waals surface area contributed by atoms with Crippen LogP contribution in [0.3, 0.4) is 0 Å². The topological polar surface area (TPSA) is 79.7 Å². The molecular formula is C31H32N2O4S. The highest BCUT2D eigenvalue weighted by atomic mass is 32.1. The number of unbranched alkanes of at least 4 members (excludes halogenated alkanes) is 2. The van der Waals surface area contributed by atoms with Crippen molar-refractivity contribution in [3.8, 4) is 16.2 Å². The van der Waals surface area contributed by atoms with Gasteiger partial charge >= 0.3 is 5.97 Å². The largest absolute Gasteiger partial charge is 0.493 e. The molecule has 0 spiro atoms. The second-order valence-electron chi connectivity index (χ2n) is 8.74. The zero-order chi connectivity index (χ0) is 28.4. The number of benzene rings is 2. The first-order chi connectivity index (χ1) is 19.4. The van der Waals surface area contributed by atoms with E-state index in [0.717, 1.165) is 16.1 Å². The van der Waals surface area contributed by atoms with Gasteiger partial charge in [-0.15, -0.1) is 11.3 Å². The number of para-hydroxylation sites is 1. The number of ether oxygens (including phenoxy) is 1. The maximum Gasteiger partial charge on any atom is 0.303 e. The summed E-state index contributed by atoms with van der Waals surface area (Å²) >= 11 is 1.62. The summed E-state index contributed by atoms with van der Waals surface area (Å²) in [5.74, 6) is -0.896. The molecule has 4 aromatic rings. The van der Waals surface area contributed by atoms with Crippen LogP contribution in [0.25, 0.3) is 10.4 Å². The summed E-state index contributed by atoms with van der Waals surface area (Å²) < 4.78 is 24.3. The number of carbonyl (C=O) groups excluding carboxylic acids is 1. The van der Waals surface area contributed by atoms with E-state index >= 15 is 0 Å². The van der Waals surface area contributed by atoms with E-state index in [4.69, 9.17) is 12.6 Å². The van der Waals surface area contributed by atoms with Crippen LogP contribution in [0.5, 0.6) is 5.75 Å². The number of aliphatic carboxylic acids is 1. The highest BCUT2D eigenvalue weighted by molar-refractivity contribution is 7.13. The molecule has 4 rings (SSSR count). The van der Waals surface area contributed by atoms with Gasteiger partial charge in [0.15, 0.2) is 0 Å². The van der Waals surface area contributed by atoms with Crippen molar-refractivity contribution < 1.29 is 22.2 Å². The van der Waals surface area contributed by atoms with Gasteiger partial charge in [0, 0.05) is 53.8 Å². The van der Waals surface area contributed by atoms with Crippen LogP contribution < -0.4 is 4.74 Å². The third-order valence-corrected chi connectivity index (χ3v) is 6.85. The highest BCUT2D eigenvalue weighted by Crippen LogP contribution is 2.26. The molecule has 1 amide bonds. The normalized spacial score (nSPS) is 11.9. The van der Waals surface area contributed by atoms with Crippen LogP contribution in [0, 0.1) is 0 Å². The van der Waals surface area contributed by atoms with Crippen LogP contribution in [0.1, 0.15) is 50.0 Å². The molecule has 2 aromatic heterocycles. The standard InChI is InChI=1S/C31H32N2O4S/c34-30(35)13-2-1-7-21-37-28-11-4-3-9-26(28)23-33(20-18-27-10-5-6-19-32-27)31(36)25-16-14-24(15-17-25)29-12-8-22-38-29/h3-6,8-12,14-17,19,22H,1-2,7,13,18,20-21,23H2,(H,34,35)/i23D2. The second-order valence-corrected chi connectivity index (χ2v) is 9.69. The predicted octanol–water partition coefficient (Wildman–Crippen LogP) is 6.72. The molecule has 0 radical (unpaired) electrons. The minimum Gasteiger partial charge on any atom is -0.493 e. The molecule has 2 aromatic carbocycles. The molecular weight excluding hydrogens is 496 g/mol. The summed E-state index contributed by atoms with van der Waals surface area (Å²) in [5, 5.41) is 10.8. The predicted molar refractivity (Wildman–Crippen MR) is 150 cm³/mol. The Balaban J connectivity index is 1.57. The minimum absolute atomic E-state index is 0.110. The average molecular weight is 531 g/mol. The van der Waals surface area contributed by atoms with Crippen molar-refractivity contribution in [2.24, 2.45) is 0 Å². The SMILES string of the molecule is [2H]C([2H])(c1ccccc1OCCCCCC(=O)O)N(CCc1ccccn1)C(=O)c1ccc(-c2cccs2)cc1. The highest BCUT2D eigenvalue weighted by Gasteiger charge is 2.19. The Morgan fingerprint density at radius 2 is 1.76 bits per heavy atom. The Hall–Kier alpha value is -3.97. The molecule has 38 heavy (non-hydrogen) atoms. The first-order valence-electron chi connectivity index (χ1n) is 13.7. The molecule has 0 bridgehead atoms. The van der Waals surface area contributed by atoms with Gasteiger partial charge in [-0.2, -0.15) is 0 Å². The third-order valence-electron chi connectivity index (χ3n) is 5.94. The van der Waals surface area contributed by atoms with E-state index in [1.54, 1.807) is 53.9 Å². The number of hydrogen-bond donors (Lipinski definition) is 1. The number of carboxylic acids is 1. The summed E-state index contributed by atoms with van der Waals surface area (Å²) in [4.78, 5) is 31.3. The average Bonchev–Trinajstić information content (AvgIpc) is 3.51. The van der Waals surface area contributed by atoms with Crippen molar-refractivity contribution in [1.82, 2.24) is 9.88 Å². The number of hydrogen-bond acceptors (Lipinski definition) is 5. The molecule has 0 aliphatic rings. The van der Waals surface area contributed by atoms with Gasteiger partial charge in [-0.3, -0.25) is 14.6 Å². The van der Waals surface area contributed by atoms with Crippen molar-refractivity contribution in [2.75, 3.05) is 13.2 Å². The van der Waals surface area contributed by atoms with Gasteiger partial charge in [0.2, 0.25) is 0 Å². The van der Waals surface area contributed by atoms with Crippen molar-refractivity contribution in [2.45, 2.75) is 38.6 Å². The molecule has 2 heterocycles. The fraction of sp³-hybridized carbons (Fsp3) is 0.258. The van der Waals surface area contributed by atoms with Gasteiger partial charge in [0.05, 0.1) is 9.35 Å². The smallest absolute Gasteiger partial charge is 0.303 e. The quantitative estimate of drug-likeness (QED) is 0.183. The van der Waals surface area contributed by atoms with Crippen molar-refractivity contribution in [1.29, 1.82) is 0 Å². The van der Waals surface area contributed by atoms with Crippen LogP contribution in [-0.2, 0) is 17.7 Å². The van der Waals surface area contributed by atoms with E-state index in [9.17, 15) is 9.59 Å². The number of pyridine rings is 1. The number of rotatable bonds is 14. The summed E-state index contributed by atoms with van der Waals surface area (Å²) in [7, 11) is 0. The molecule has 0 atom stereocenters. The van der Waals surface area contributed by atoms with Gasteiger partial charge in [-0.25, -0.2) is 0 Å². The number of amides is 1. The summed E-state index contributed by atoms with van der Waals surface area (Å²) in [5.41, 5.74) is 2.40. The van der Waals surface area contributed by atoms with Crippen molar-refractivity contribution >= 4 is 23.2 Å². The van der Waals surface area contributed by atoms with E-state index in [-0.39, 0.29) is 18.5 Å². The lowest BCUT2D eigenvalue weighted by molar-refractivity contribution is -0.137. The van der Waals surface area contributed by atoms with Crippen LogP contribution in [0.4, 0.5) is 0 Å². The molecule has 0 saturated heterocycles. The fourth-order valence-electron chi connectivity index (χ4n) is 3.92.